The molecule has 1 aliphatic carbocycles. The molecule has 0 bridgehead atoms. The van der Waals surface area contributed by atoms with E-state index >= 15 is 0 Å². The van der Waals surface area contributed by atoms with Gasteiger partial charge in [-0.25, -0.2) is 0 Å². The van der Waals surface area contributed by atoms with Crippen molar-refractivity contribution in [1.82, 2.24) is 0 Å². The molecule has 0 aromatic rings. The van der Waals surface area contributed by atoms with Gasteiger partial charge in [-0.05, 0) is 30.6 Å². The summed E-state index contributed by atoms with van der Waals surface area (Å²) in [6.07, 6.45) is 7.12. The maximum atomic E-state index is 11.4. The summed E-state index contributed by atoms with van der Waals surface area (Å²) in [5, 5.41) is 0. The van der Waals surface area contributed by atoms with Gasteiger partial charge in [0, 0.05) is 6.42 Å². The lowest BCUT2D eigenvalue weighted by Gasteiger charge is -2.24. The van der Waals surface area contributed by atoms with Gasteiger partial charge >= 0.3 is 5.97 Å². The molecule has 2 nitrogen and oxygen atoms in total. The average Bonchev–Trinajstić information content (AvgIpc) is 2.15. The third-order valence-corrected chi connectivity index (χ3v) is 2.95. The zero-order valence-electron chi connectivity index (χ0n) is 10.0. The van der Waals surface area contributed by atoms with Crippen molar-refractivity contribution in [2.24, 2.45) is 17.8 Å². The van der Waals surface area contributed by atoms with Gasteiger partial charge in [-0.3, -0.25) is 4.79 Å². The van der Waals surface area contributed by atoms with Crippen molar-refractivity contribution in [3.05, 3.63) is 12.2 Å². The van der Waals surface area contributed by atoms with Gasteiger partial charge in [0.15, 0.2) is 0 Å². The van der Waals surface area contributed by atoms with Crippen LogP contribution in [0, 0.1) is 17.8 Å². The molecule has 0 saturated carbocycles. The molecule has 2 heteroatoms. The Morgan fingerprint density at radius 1 is 1.40 bits per heavy atom. The van der Waals surface area contributed by atoms with Crippen LogP contribution in [0.25, 0.3) is 0 Å². The molecule has 0 saturated heterocycles. The normalized spacial score (nSPS) is 25.6. The number of esters is 1. The Bertz CT molecular complexity index is 231. The van der Waals surface area contributed by atoms with E-state index in [1.54, 1.807) is 0 Å². The molecule has 1 rings (SSSR count). The summed E-state index contributed by atoms with van der Waals surface area (Å²) < 4.78 is 5.29. The third-order valence-electron chi connectivity index (χ3n) is 2.95. The van der Waals surface area contributed by atoms with Crippen molar-refractivity contribution in [3.8, 4) is 0 Å². The van der Waals surface area contributed by atoms with E-state index in [0.29, 0.717) is 30.8 Å². The second kappa shape index (κ2) is 5.94. The zero-order valence-corrected chi connectivity index (χ0v) is 10.0. The second-order valence-electron chi connectivity index (χ2n) is 4.96. The van der Waals surface area contributed by atoms with E-state index in [9.17, 15) is 4.79 Å². The molecule has 0 amide bonds. The van der Waals surface area contributed by atoms with Crippen molar-refractivity contribution < 1.29 is 9.53 Å². The Balaban J connectivity index is 2.24. The SMILES string of the molecule is CC(C)CC(=O)OC[C@@H]1CC=CC[C@H]1C. The Kier molecular flexibility index (Phi) is 4.86. The summed E-state index contributed by atoms with van der Waals surface area (Å²) >= 11 is 0. The van der Waals surface area contributed by atoms with Crippen LogP contribution < -0.4 is 0 Å². The Hall–Kier alpha value is -0.790. The molecule has 0 fully saturated rings. The largest absolute Gasteiger partial charge is 0.465 e. The summed E-state index contributed by atoms with van der Waals surface area (Å²) in [5.41, 5.74) is 0. The summed E-state index contributed by atoms with van der Waals surface area (Å²) in [6, 6.07) is 0. The van der Waals surface area contributed by atoms with Gasteiger partial charge in [-0.2, -0.15) is 0 Å². The van der Waals surface area contributed by atoms with Crippen molar-refractivity contribution in [2.45, 2.75) is 40.0 Å². The maximum absolute atomic E-state index is 11.4. The maximum Gasteiger partial charge on any atom is 0.306 e. The molecular formula is C13H22O2. The van der Waals surface area contributed by atoms with Crippen molar-refractivity contribution in [1.29, 1.82) is 0 Å². The highest BCUT2D eigenvalue weighted by Gasteiger charge is 2.19. The lowest BCUT2D eigenvalue weighted by atomic mass is 9.85. The molecule has 1 aliphatic rings. The molecule has 2 atom stereocenters. The standard InChI is InChI=1S/C13H22O2/c1-10(2)8-13(14)15-9-12-7-5-4-6-11(12)3/h4-5,10-12H,6-9H2,1-3H3/t11-,12+/m1/s1. The molecule has 0 unspecified atom stereocenters. The zero-order chi connectivity index (χ0) is 11.3. The van der Waals surface area contributed by atoms with Gasteiger partial charge in [-0.1, -0.05) is 32.9 Å². The van der Waals surface area contributed by atoms with E-state index in [-0.39, 0.29) is 5.97 Å². The number of allylic oxidation sites excluding steroid dienone is 2. The molecule has 0 radical (unpaired) electrons. The van der Waals surface area contributed by atoms with Gasteiger partial charge in [0.1, 0.15) is 0 Å². The molecule has 0 heterocycles. The smallest absolute Gasteiger partial charge is 0.306 e. The van der Waals surface area contributed by atoms with Crippen LogP contribution in [0.5, 0.6) is 0 Å². The summed E-state index contributed by atoms with van der Waals surface area (Å²) in [5.74, 6) is 1.50. The van der Waals surface area contributed by atoms with Crippen molar-refractivity contribution >= 4 is 5.97 Å². The van der Waals surface area contributed by atoms with E-state index in [1.165, 1.54) is 0 Å². The molecule has 15 heavy (non-hydrogen) atoms. The van der Waals surface area contributed by atoms with Gasteiger partial charge in [0.05, 0.1) is 6.61 Å². The number of hydrogen-bond acceptors (Lipinski definition) is 2. The predicted molar refractivity (Wildman–Crippen MR) is 61.4 cm³/mol. The Morgan fingerprint density at radius 2 is 2.07 bits per heavy atom. The van der Waals surface area contributed by atoms with Crippen LogP contribution in [0.2, 0.25) is 0 Å². The van der Waals surface area contributed by atoms with E-state index in [2.05, 4.69) is 19.1 Å². The molecule has 0 aromatic heterocycles. The predicted octanol–water partition coefficient (Wildman–Crippen LogP) is 3.18. The first-order valence-corrected chi connectivity index (χ1v) is 5.90. The quantitative estimate of drug-likeness (QED) is 0.526. The second-order valence-corrected chi connectivity index (χ2v) is 4.96. The fraction of sp³-hybridized carbons (Fsp3) is 0.769. The van der Waals surface area contributed by atoms with Gasteiger partial charge < -0.3 is 4.74 Å². The van der Waals surface area contributed by atoms with E-state index in [1.807, 2.05) is 13.8 Å². The first-order chi connectivity index (χ1) is 7.09. The molecule has 0 aromatic carbocycles. The van der Waals surface area contributed by atoms with Crippen LogP contribution in [0.3, 0.4) is 0 Å². The highest BCUT2D eigenvalue weighted by atomic mass is 16.5. The summed E-state index contributed by atoms with van der Waals surface area (Å²) in [7, 11) is 0. The van der Waals surface area contributed by atoms with Crippen LogP contribution >= 0.6 is 0 Å². The first-order valence-electron chi connectivity index (χ1n) is 5.90. The molecule has 0 aliphatic heterocycles. The molecular weight excluding hydrogens is 188 g/mol. The minimum Gasteiger partial charge on any atom is -0.465 e. The minimum atomic E-state index is -0.0493. The highest BCUT2D eigenvalue weighted by molar-refractivity contribution is 5.69. The topological polar surface area (TPSA) is 26.3 Å². The van der Waals surface area contributed by atoms with Crippen LogP contribution in [0.1, 0.15) is 40.0 Å². The molecule has 0 N–H and O–H groups in total. The average molecular weight is 210 g/mol. The first kappa shape index (κ1) is 12.3. The molecule has 86 valence electrons. The van der Waals surface area contributed by atoms with Gasteiger partial charge in [-0.15, -0.1) is 0 Å². The van der Waals surface area contributed by atoms with E-state index < -0.39 is 0 Å². The Morgan fingerprint density at radius 3 is 2.67 bits per heavy atom. The highest BCUT2D eigenvalue weighted by Crippen LogP contribution is 2.25. The fourth-order valence-electron chi connectivity index (χ4n) is 1.83. The number of carbonyl (C=O) groups is 1. The van der Waals surface area contributed by atoms with Crippen molar-refractivity contribution in [3.63, 3.8) is 0 Å². The monoisotopic (exact) mass is 210 g/mol. The van der Waals surface area contributed by atoms with Crippen LogP contribution in [0.4, 0.5) is 0 Å². The number of rotatable bonds is 4. The van der Waals surface area contributed by atoms with Crippen LogP contribution in [-0.4, -0.2) is 12.6 Å². The van der Waals surface area contributed by atoms with Gasteiger partial charge in [0.25, 0.3) is 0 Å². The van der Waals surface area contributed by atoms with E-state index in [4.69, 9.17) is 4.74 Å². The third kappa shape index (κ3) is 4.50. The van der Waals surface area contributed by atoms with Crippen molar-refractivity contribution in [2.75, 3.05) is 6.61 Å². The number of ether oxygens (including phenoxy) is 1. The fourth-order valence-corrected chi connectivity index (χ4v) is 1.83. The summed E-state index contributed by atoms with van der Waals surface area (Å²) in [4.78, 5) is 11.4. The lowest BCUT2D eigenvalue weighted by molar-refractivity contribution is -0.146. The molecule has 0 spiro atoms. The van der Waals surface area contributed by atoms with Crippen LogP contribution in [-0.2, 0) is 9.53 Å². The van der Waals surface area contributed by atoms with Gasteiger partial charge in [0.2, 0.25) is 0 Å². The summed E-state index contributed by atoms with van der Waals surface area (Å²) in [6.45, 7) is 6.89. The lowest BCUT2D eigenvalue weighted by Crippen LogP contribution is -2.22. The minimum absolute atomic E-state index is 0.0493. The number of carbonyl (C=O) groups excluding carboxylic acids is 1. The van der Waals surface area contributed by atoms with E-state index in [0.717, 1.165) is 12.8 Å². The number of hydrogen-bond donors (Lipinski definition) is 0. The van der Waals surface area contributed by atoms with Crippen LogP contribution in [0.15, 0.2) is 12.2 Å². The Labute approximate surface area is 92.7 Å².